The lowest BCUT2D eigenvalue weighted by molar-refractivity contribution is -0.116. The summed E-state index contributed by atoms with van der Waals surface area (Å²) in [5, 5.41) is 2.70. The van der Waals surface area contributed by atoms with E-state index in [1.807, 2.05) is 117 Å². The molecule has 326 valence electrons. The minimum absolute atomic E-state index is 0.00984. The summed E-state index contributed by atoms with van der Waals surface area (Å²) in [6.45, 7) is 4.69. The molecule has 0 spiro atoms. The second kappa shape index (κ2) is 20.4. The number of nitrogens with zero attached hydrogens (tertiary/aromatic N) is 3. The number of carbonyl (C=O) groups excluding carboxylic acids is 2. The molecule has 5 aromatic carbocycles. The molecule has 1 heterocycles. The molecule has 1 aliphatic rings. The molecule has 0 saturated carbocycles. The van der Waals surface area contributed by atoms with Crippen LogP contribution in [-0.2, 0) is 31.3 Å². The number of hydrogen-bond acceptors (Lipinski definition) is 9. The van der Waals surface area contributed by atoms with Crippen LogP contribution in [0.1, 0.15) is 60.4 Å². The Morgan fingerprint density at radius 1 is 0.762 bits per heavy atom. The number of benzene rings is 5. The van der Waals surface area contributed by atoms with Gasteiger partial charge in [0.2, 0.25) is 5.91 Å². The fourth-order valence-electron chi connectivity index (χ4n) is 7.96. The summed E-state index contributed by atoms with van der Waals surface area (Å²) in [5.41, 5.74) is 5.68. The Labute approximate surface area is 368 Å². The van der Waals surface area contributed by atoms with Gasteiger partial charge in [-0.05, 0) is 81.6 Å². The van der Waals surface area contributed by atoms with E-state index in [1.165, 1.54) is 15.7 Å². The van der Waals surface area contributed by atoms with Crippen LogP contribution in [0.15, 0.2) is 144 Å². The van der Waals surface area contributed by atoms with E-state index < -0.39 is 23.5 Å². The molecule has 0 radical (unpaired) electrons. The quantitative estimate of drug-likeness (QED) is 0.0795. The summed E-state index contributed by atoms with van der Waals surface area (Å²) < 4.78 is 31.5. The third-order valence-corrected chi connectivity index (χ3v) is 11.5. The van der Waals surface area contributed by atoms with E-state index in [-0.39, 0.29) is 49.9 Å². The number of hydrogen-bond donors (Lipinski definition) is 1. The molecule has 0 saturated heterocycles. The van der Waals surface area contributed by atoms with E-state index in [0.717, 1.165) is 50.4 Å². The highest BCUT2D eigenvalue weighted by Gasteiger charge is 2.39. The zero-order valence-electron chi connectivity index (χ0n) is 36.4. The Morgan fingerprint density at radius 2 is 1.32 bits per heavy atom. The molecule has 2 amide bonds. The topological polar surface area (TPSA) is 130 Å². The van der Waals surface area contributed by atoms with Crippen LogP contribution in [0.4, 0.5) is 10.6 Å². The maximum atomic E-state index is 13.2. The Bertz CT molecular complexity index is 2430. The molecule has 1 N–H and O–H groups in total. The van der Waals surface area contributed by atoms with E-state index in [9.17, 15) is 14.4 Å². The lowest BCUT2D eigenvalue weighted by atomic mass is 9.80. The molecule has 1 atom stereocenters. The molecule has 0 bridgehead atoms. The highest BCUT2D eigenvalue weighted by atomic mass is 16.6. The van der Waals surface area contributed by atoms with Crippen LogP contribution >= 0.6 is 0 Å². The van der Waals surface area contributed by atoms with Gasteiger partial charge in [0.15, 0.2) is 0 Å². The van der Waals surface area contributed by atoms with Gasteiger partial charge < -0.3 is 33.9 Å². The summed E-state index contributed by atoms with van der Waals surface area (Å²) >= 11 is 0. The monoisotopic (exact) mass is 850 g/mol. The number of methoxy groups -OCH3 is 2. The SMILES string of the molecule is COc1ccc(C(OC[C@@H](OCn2ccc(NC(=O)CCCN(C)C(=O)OCC3c4ccccc4-c4ccccc43)nc2=O)C(C)C)(c2ccccc2)c2ccc(OC)cc2)cc1. The van der Waals surface area contributed by atoms with Crippen LogP contribution in [0.25, 0.3) is 11.1 Å². The Hall–Kier alpha value is -6.76. The highest BCUT2D eigenvalue weighted by Crippen LogP contribution is 2.45. The van der Waals surface area contributed by atoms with Gasteiger partial charge in [-0.3, -0.25) is 9.36 Å². The number of ether oxygens (including phenoxy) is 5. The zero-order chi connectivity index (χ0) is 44.3. The highest BCUT2D eigenvalue weighted by molar-refractivity contribution is 5.89. The summed E-state index contributed by atoms with van der Waals surface area (Å²) in [6, 6.07) is 43.6. The number of anilines is 1. The predicted octanol–water partition coefficient (Wildman–Crippen LogP) is 8.87. The molecule has 1 aromatic heterocycles. The van der Waals surface area contributed by atoms with Gasteiger partial charge in [0.05, 0.1) is 26.9 Å². The van der Waals surface area contributed by atoms with E-state index in [1.54, 1.807) is 27.3 Å². The van der Waals surface area contributed by atoms with Gasteiger partial charge in [0.25, 0.3) is 0 Å². The van der Waals surface area contributed by atoms with Gasteiger partial charge in [-0.15, -0.1) is 0 Å². The van der Waals surface area contributed by atoms with Crippen molar-refractivity contribution in [3.05, 3.63) is 178 Å². The largest absolute Gasteiger partial charge is 0.497 e. The molecule has 12 nitrogen and oxygen atoms in total. The molecule has 63 heavy (non-hydrogen) atoms. The van der Waals surface area contributed by atoms with Crippen LogP contribution in [-0.4, -0.2) is 73.6 Å². The first-order valence-electron chi connectivity index (χ1n) is 21.1. The lowest BCUT2D eigenvalue weighted by Crippen LogP contribution is -2.38. The average molecular weight is 851 g/mol. The van der Waals surface area contributed by atoms with Gasteiger partial charge in [-0.1, -0.05) is 117 Å². The van der Waals surface area contributed by atoms with Crippen molar-refractivity contribution in [3.8, 4) is 22.6 Å². The van der Waals surface area contributed by atoms with Crippen molar-refractivity contribution in [2.24, 2.45) is 5.92 Å². The maximum absolute atomic E-state index is 13.2. The third kappa shape index (κ3) is 10.1. The molecule has 0 fully saturated rings. The van der Waals surface area contributed by atoms with Crippen LogP contribution in [0, 0.1) is 5.92 Å². The fourth-order valence-corrected chi connectivity index (χ4v) is 7.96. The van der Waals surface area contributed by atoms with Gasteiger partial charge >= 0.3 is 11.8 Å². The van der Waals surface area contributed by atoms with E-state index in [4.69, 9.17) is 23.7 Å². The van der Waals surface area contributed by atoms with E-state index >= 15 is 0 Å². The summed E-state index contributed by atoms with van der Waals surface area (Å²) in [7, 11) is 4.92. The Balaban J connectivity index is 0.936. The molecular formula is C51H54N4O8. The van der Waals surface area contributed by atoms with Gasteiger partial charge in [0, 0.05) is 32.1 Å². The van der Waals surface area contributed by atoms with Crippen molar-refractivity contribution in [2.45, 2.75) is 51.0 Å². The second-order valence-corrected chi connectivity index (χ2v) is 15.8. The first-order chi connectivity index (χ1) is 30.6. The smallest absolute Gasteiger partial charge is 0.409 e. The van der Waals surface area contributed by atoms with Crippen molar-refractivity contribution in [2.75, 3.05) is 46.3 Å². The molecular weight excluding hydrogens is 797 g/mol. The van der Waals surface area contributed by atoms with Crippen molar-refractivity contribution < 1.29 is 33.3 Å². The van der Waals surface area contributed by atoms with Crippen molar-refractivity contribution >= 4 is 17.8 Å². The van der Waals surface area contributed by atoms with Crippen LogP contribution < -0.4 is 20.5 Å². The summed E-state index contributed by atoms with van der Waals surface area (Å²) in [6.07, 6.45) is 1.15. The molecule has 7 rings (SSSR count). The number of fused-ring (bicyclic) bond motifs is 3. The van der Waals surface area contributed by atoms with Gasteiger partial charge in [0.1, 0.15) is 36.3 Å². The van der Waals surface area contributed by atoms with Crippen molar-refractivity contribution in [3.63, 3.8) is 0 Å². The molecule has 6 aromatic rings. The van der Waals surface area contributed by atoms with Crippen LogP contribution in [0.2, 0.25) is 0 Å². The average Bonchev–Trinajstić information content (AvgIpc) is 3.63. The number of aromatic nitrogens is 2. The van der Waals surface area contributed by atoms with Crippen LogP contribution in [0.5, 0.6) is 11.5 Å². The standard InChI is InChI=1S/C51H54N4O8/c1-35(2)46(33-63-51(36-14-7-6-8-15-36,37-21-25-39(59-4)26-22-37)38-23-27-40(60-5)28-24-38)62-34-55-31-29-47(53-49(55)57)52-48(56)20-13-30-54(3)50(58)61-32-45-43-18-11-9-16-41(43)42-17-10-12-19-44(42)45/h6-12,14-19,21-29,31,35,45-46H,13,20,30,32-34H2,1-5H3,(H,52,53,56,57)/t46-/m1/s1. The van der Waals surface area contributed by atoms with Crippen molar-refractivity contribution in [1.29, 1.82) is 0 Å². The number of amides is 2. The second-order valence-electron chi connectivity index (χ2n) is 15.8. The number of nitrogens with one attached hydrogen (secondary N) is 1. The number of rotatable bonds is 19. The lowest BCUT2D eigenvalue weighted by Gasteiger charge is -2.37. The minimum Gasteiger partial charge on any atom is -0.497 e. The van der Waals surface area contributed by atoms with Gasteiger partial charge in [-0.2, -0.15) is 4.98 Å². The summed E-state index contributed by atoms with van der Waals surface area (Å²) in [5.74, 6) is 1.21. The fraction of sp³-hybridized carbons (Fsp3) is 0.294. The zero-order valence-corrected chi connectivity index (χ0v) is 36.4. The van der Waals surface area contributed by atoms with Crippen molar-refractivity contribution in [1.82, 2.24) is 14.5 Å². The third-order valence-electron chi connectivity index (χ3n) is 11.5. The Kier molecular flexibility index (Phi) is 14.3. The van der Waals surface area contributed by atoms with E-state index in [2.05, 4.69) is 34.6 Å². The van der Waals surface area contributed by atoms with E-state index in [0.29, 0.717) is 13.0 Å². The molecule has 12 heteroatoms. The predicted molar refractivity (Wildman–Crippen MR) is 242 cm³/mol. The maximum Gasteiger partial charge on any atom is 0.409 e. The molecule has 1 aliphatic carbocycles. The normalized spacial score (nSPS) is 12.6. The summed E-state index contributed by atoms with van der Waals surface area (Å²) in [4.78, 5) is 44.5. The first-order valence-corrected chi connectivity index (χ1v) is 21.1. The number of carbonyl (C=O) groups is 2. The van der Waals surface area contributed by atoms with Gasteiger partial charge in [-0.25, -0.2) is 9.59 Å². The van der Waals surface area contributed by atoms with Crippen LogP contribution in [0.3, 0.4) is 0 Å². The minimum atomic E-state index is -1.04. The molecule has 0 unspecified atom stereocenters. The molecule has 0 aliphatic heterocycles. The first kappa shape index (κ1) is 44.3. The Morgan fingerprint density at radius 3 is 1.87 bits per heavy atom.